The molecule has 2 amide bonds. The summed E-state index contributed by atoms with van der Waals surface area (Å²) in [5.41, 5.74) is 8.47. The van der Waals surface area contributed by atoms with Crippen LogP contribution in [0.25, 0.3) is 11.3 Å². The lowest BCUT2D eigenvalue weighted by molar-refractivity contribution is 0.0523. The Bertz CT molecular complexity index is 1390. The number of methoxy groups -OCH3 is 1. The van der Waals surface area contributed by atoms with Gasteiger partial charge in [-0.1, -0.05) is 12.1 Å². The second-order valence-electron chi connectivity index (χ2n) is 10.3. The Morgan fingerprint density at radius 2 is 1.97 bits per heavy atom. The smallest absolute Gasteiger partial charge is 0.407 e. The van der Waals surface area contributed by atoms with Crippen LogP contribution in [0.15, 0.2) is 36.4 Å². The summed E-state index contributed by atoms with van der Waals surface area (Å²) in [6, 6.07) is 9.17. The molecule has 10 nitrogen and oxygen atoms in total. The van der Waals surface area contributed by atoms with Crippen LogP contribution >= 0.6 is 0 Å². The zero-order chi connectivity index (χ0) is 28.3. The summed E-state index contributed by atoms with van der Waals surface area (Å²) in [6.45, 7) is 7.69. The van der Waals surface area contributed by atoms with Gasteiger partial charge in [-0.05, 0) is 57.9 Å². The molecule has 0 bridgehead atoms. The number of amides is 2. The molecule has 0 aliphatic carbocycles. The van der Waals surface area contributed by atoms with E-state index in [1.807, 2.05) is 0 Å². The average molecular weight is 537 g/mol. The number of hydrogen-bond donors (Lipinski definition) is 2. The van der Waals surface area contributed by atoms with E-state index in [4.69, 9.17) is 15.2 Å². The van der Waals surface area contributed by atoms with Crippen LogP contribution in [0.5, 0.6) is 5.88 Å². The number of anilines is 1. The van der Waals surface area contributed by atoms with Crippen molar-refractivity contribution in [3.63, 3.8) is 0 Å². The van der Waals surface area contributed by atoms with Crippen LogP contribution in [-0.4, -0.2) is 57.7 Å². The molecule has 0 unspecified atom stereocenters. The van der Waals surface area contributed by atoms with Gasteiger partial charge in [-0.2, -0.15) is 0 Å². The highest BCUT2D eigenvalue weighted by molar-refractivity contribution is 5.98. The van der Waals surface area contributed by atoms with E-state index in [1.165, 1.54) is 19.2 Å². The Hall–Kier alpha value is -4.28. The number of nitrogen functional groups attached to an aromatic ring is 1. The number of halogens is 1. The molecular weight excluding hydrogens is 503 g/mol. The summed E-state index contributed by atoms with van der Waals surface area (Å²) in [7, 11) is 1.51. The van der Waals surface area contributed by atoms with Crippen molar-refractivity contribution in [3.05, 3.63) is 64.7 Å². The molecule has 1 atom stereocenters. The molecule has 0 saturated heterocycles. The molecule has 3 heterocycles. The standard InChI is InChI=1S/C28H33FN6O4/c1-16-24-21(34-26(30)32-16)15-22(35(25(24)36)13-7-12-31-27(37)39-28(2,3)4)18-11-10-17(29)14-19(18)20-8-6-9-23(33-20)38-5/h6,8-11,14,22H,7,12-13,15H2,1-5H3,(H,31,37)(H2,30,32,34)/t22-/m1/s1. The van der Waals surface area contributed by atoms with Crippen molar-refractivity contribution < 1.29 is 23.5 Å². The van der Waals surface area contributed by atoms with Gasteiger partial charge in [0.15, 0.2) is 0 Å². The number of fused-ring (bicyclic) bond motifs is 1. The van der Waals surface area contributed by atoms with Crippen molar-refractivity contribution in [2.75, 3.05) is 25.9 Å². The van der Waals surface area contributed by atoms with E-state index in [0.29, 0.717) is 65.6 Å². The van der Waals surface area contributed by atoms with E-state index >= 15 is 0 Å². The number of ether oxygens (including phenoxy) is 2. The first kappa shape index (κ1) is 27.7. The number of aromatic nitrogens is 3. The molecule has 0 fully saturated rings. The Labute approximate surface area is 226 Å². The molecule has 1 aromatic carbocycles. The lowest BCUT2D eigenvalue weighted by atomic mass is 9.88. The van der Waals surface area contributed by atoms with Gasteiger partial charge in [0.1, 0.15) is 11.4 Å². The van der Waals surface area contributed by atoms with Gasteiger partial charge in [0.05, 0.1) is 35.8 Å². The SMILES string of the molecule is COc1cccc(-c2cc(F)ccc2[C@H]2Cc3nc(N)nc(C)c3C(=O)N2CCCNC(=O)OC(C)(C)C)n1. The van der Waals surface area contributed by atoms with E-state index < -0.39 is 23.6 Å². The molecule has 4 rings (SSSR count). The Morgan fingerprint density at radius 3 is 2.69 bits per heavy atom. The molecule has 0 spiro atoms. The van der Waals surface area contributed by atoms with E-state index in [-0.39, 0.29) is 11.9 Å². The Balaban J connectivity index is 1.70. The van der Waals surface area contributed by atoms with Gasteiger partial charge < -0.3 is 25.4 Å². The van der Waals surface area contributed by atoms with Crippen LogP contribution in [0.1, 0.15) is 60.5 Å². The zero-order valence-corrected chi connectivity index (χ0v) is 22.7. The third-order valence-corrected chi connectivity index (χ3v) is 6.25. The maximum Gasteiger partial charge on any atom is 0.407 e. The largest absolute Gasteiger partial charge is 0.481 e. The highest BCUT2D eigenvalue weighted by Gasteiger charge is 2.37. The molecule has 206 valence electrons. The molecule has 1 aliphatic rings. The van der Waals surface area contributed by atoms with Gasteiger partial charge in [-0.25, -0.2) is 24.1 Å². The van der Waals surface area contributed by atoms with Gasteiger partial charge in [-0.15, -0.1) is 0 Å². The second kappa shape index (κ2) is 11.2. The second-order valence-corrected chi connectivity index (χ2v) is 10.3. The van der Waals surface area contributed by atoms with Crippen molar-refractivity contribution in [2.45, 2.75) is 52.2 Å². The number of nitrogens with one attached hydrogen (secondary N) is 1. The predicted molar refractivity (Wildman–Crippen MR) is 144 cm³/mol. The zero-order valence-electron chi connectivity index (χ0n) is 22.7. The summed E-state index contributed by atoms with van der Waals surface area (Å²) in [6.07, 6.45) is 0.273. The molecule has 3 N–H and O–H groups in total. The molecule has 1 aliphatic heterocycles. The monoisotopic (exact) mass is 536 g/mol. The molecule has 0 radical (unpaired) electrons. The number of rotatable bonds is 7. The molecular formula is C28H33FN6O4. The fourth-order valence-electron chi connectivity index (χ4n) is 4.67. The Kier molecular flexibility index (Phi) is 7.98. The van der Waals surface area contributed by atoms with Gasteiger partial charge >= 0.3 is 6.09 Å². The fraction of sp³-hybridized carbons (Fsp3) is 0.393. The normalized spacial score (nSPS) is 15.1. The number of alkyl carbamates (subject to hydrolysis) is 1. The van der Waals surface area contributed by atoms with Gasteiger partial charge in [0.25, 0.3) is 5.91 Å². The van der Waals surface area contributed by atoms with Crippen molar-refractivity contribution in [1.29, 1.82) is 0 Å². The van der Waals surface area contributed by atoms with Gasteiger partial charge in [-0.3, -0.25) is 4.79 Å². The molecule has 0 saturated carbocycles. The van der Waals surface area contributed by atoms with Crippen LogP contribution in [0, 0.1) is 12.7 Å². The summed E-state index contributed by atoms with van der Waals surface area (Å²) in [4.78, 5) is 40.7. The number of aryl methyl sites for hydroxylation is 1. The molecule has 2 aromatic heterocycles. The van der Waals surface area contributed by atoms with Crippen LogP contribution in [0.3, 0.4) is 0 Å². The minimum atomic E-state index is -0.617. The third kappa shape index (κ3) is 6.42. The number of carbonyl (C=O) groups is 2. The minimum absolute atomic E-state index is 0.0848. The number of carbonyl (C=O) groups excluding carboxylic acids is 2. The predicted octanol–water partition coefficient (Wildman–Crippen LogP) is 4.23. The highest BCUT2D eigenvalue weighted by atomic mass is 19.1. The van der Waals surface area contributed by atoms with E-state index in [9.17, 15) is 14.0 Å². The number of hydrogen-bond acceptors (Lipinski definition) is 8. The molecule has 11 heteroatoms. The first-order chi connectivity index (χ1) is 18.5. The first-order valence-electron chi connectivity index (χ1n) is 12.7. The van der Waals surface area contributed by atoms with Crippen LogP contribution in [0.2, 0.25) is 0 Å². The lowest BCUT2D eigenvalue weighted by Crippen LogP contribution is -2.43. The van der Waals surface area contributed by atoms with Gasteiger partial charge in [0, 0.05) is 31.1 Å². The summed E-state index contributed by atoms with van der Waals surface area (Å²) >= 11 is 0. The van der Waals surface area contributed by atoms with Crippen molar-refractivity contribution in [2.24, 2.45) is 0 Å². The fourth-order valence-corrected chi connectivity index (χ4v) is 4.67. The van der Waals surface area contributed by atoms with Crippen molar-refractivity contribution in [1.82, 2.24) is 25.2 Å². The minimum Gasteiger partial charge on any atom is -0.481 e. The van der Waals surface area contributed by atoms with E-state index in [2.05, 4.69) is 20.3 Å². The quantitative estimate of drug-likeness (QED) is 0.429. The lowest BCUT2D eigenvalue weighted by Gasteiger charge is -2.38. The highest BCUT2D eigenvalue weighted by Crippen LogP contribution is 2.38. The summed E-state index contributed by atoms with van der Waals surface area (Å²) in [5, 5.41) is 2.73. The first-order valence-corrected chi connectivity index (χ1v) is 12.7. The third-order valence-electron chi connectivity index (χ3n) is 6.25. The van der Waals surface area contributed by atoms with Crippen LogP contribution < -0.4 is 15.8 Å². The van der Waals surface area contributed by atoms with Crippen LogP contribution in [0.4, 0.5) is 15.1 Å². The van der Waals surface area contributed by atoms with Crippen molar-refractivity contribution >= 4 is 17.9 Å². The average Bonchev–Trinajstić information content (AvgIpc) is 2.86. The number of benzene rings is 1. The number of nitrogens with two attached hydrogens (primary N) is 1. The maximum atomic E-state index is 14.5. The van der Waals surface area contributed by atoms with Crippen molar-refractivity contribution in [3.8, 4) is 17.1 Å². The molecule has 3 aromatic rings. The number of nitrogens with zero attached hydrogens (tertiary/aromatic N) is 4. The van der Waals surface area contributed by atoms with E-state index in [1.54, 1.807) is 56.9 Å². The Morgan fingerprint density at radius 1 is 1.21 bits per heavy atom. The summed E-state index contributed by atoms with van der Waals surface area (Å²) < 4.78 is 25.1. The molecule has 39 heavy (non-hydrogen) atoms. The summed E-state index contributed by atoms with van der Waals surface area (Å²) in [5.74, 6) is -0.225. The number of pyridine rings is 1. The van der Waals surface area contributed by atoms with Crippen LogP contribution in [-0.2, 0) is 11.2 Å². The van der Waals surface area contributed by atoms with E-state index in [0.717, 1.165) is 0 Å². The maximum absolute atomic E-state index is 14.5. The topological polar surface area (TPSA) is 133 Å². The van der Waals surface area contributed by atoms with Gasteiger partial charge in [0.2, 0.25) is 11.8 Å².